The lowest BCUT2D eigenvalue weighted by atomic mass is 10.2. The zero-order valence-corrected chi connectivity index (χ0v) is 7.72. The summed E-state index contributed by atoms with van der Waals surface area (Å²) in [6, 6.07) is 0. The van der Waals surface area contributed by atoms with Crippen molar-refractivity contribution in [3.05, 3.63) is 0 Å². The van der Waals surface area contributed by atoms with E-state index in [1.165, 1.54) is 0 Å². The van der Waals surface area contributed by atoms with E-state index >= 15 is 0 Å². The van der Waals surface area contributed by atoms with Crippen molar-refractivity contribution in [3.63, 3.8) is 0 Å². The molecule has 0 aromatic heterocycles. The van der Waals surface area contributed by atoms with E-state index in [-0.39, 0.29) is 30.4 Å². The Morgan fingerprint density at radius 3 is 2.33 bits per heavy atom. The van der Waals surface area contributed by atoms with Crippen LogP contribution in [0.15, 0.2) is 0 Å². The van der Waals surface area contributed by atoms with Crippen molar-refractivity contribution in [2.24, 2.45) is 5.73 Å². The average molecular weight is 245 g/mol. The summed E-state index contributed by atoms with van der Waals surface area (Å²) in [6.45, 7) is 0.563. The van der Waals surface area contributed by atoms with Gasteiger partial charge < -0.3 is 15.6 Å². The Bertz CT molecular complexity index is 77.4. The molecule has 56 valence electrons. The maximum Gasteiger partial charge on any atom is 0.235 e. The fourth-order valence-electron chi connectivity index (χ4n) is 0.414. The lowest BCUT2D eigenvalue weighted by Crippen LogP contribution is -3.00. The van der Waals surface area contributed by atoms with E-state index < -0.39 is 5.97 Å². The minimum Gasteiger partial charge on any atom is -0.550 e. The molecule has 0 amide bonds. The predicted octanol–water partition coefficient (Wildman–Crippen LogP) is -4.67. The number of unbranched alkanes of at least 4 members (excludes halogenated alkanes) is 1. The van der Waals surface area contributed by atoms with Crippen LogP contribution < -0.4 is 34.8 Å². The first kappa shape index (κ1) is 11.9. The molecule has 0 bridgehead atoms. The number of hydrogen-bond acceptors (Lipinski definition) is 3. The number of carbonyl (C=O) groups excluding carboxylic acids is 1. The van der Waals surface area contributed by atoms with Crippen LogP contribution in [0, 0.1) is 0 Å². The quantitative estimate of drug-likeness (QED) is 0.400. The number of rotatable bonds is 4. The summed E-state index contributed by atoms with van der Waals surface area (Å²) in [5, 5.41) is 9.72. The third-order valence-corrected chi connectivity index (χ3v) is 0.835. The van der Waals surface area contributed by atoms with E-state index in [0.717, 1.165) is 6.42 Å². The Morgan fingerprint density at radius 1 is 1.44 bits per heavy atom. The Kier molecular flexibility index (Phi) is 10.8. The van der Waals surface area contributed by atoms with Gasteiger partial charge in [-0.1, -0.05) is 0 Å². The number of aliphatic carboxylic acids is 1. The normalized spacial score (nSPS) is 8.11. The van der Waals surface area contributed by atoms with E-state index in [2.05, 4.69) is 0 Å². The van der Waals surface area contributed by atoms with E-state index in [0.29, 0.717) is 13.0 Å². The highest BCUT2D eigenvalue weighted by molar-refractivity contribution is 5.63. The molecular weight excluding hydrogens is 233 g/mol. The number of carbonyl (C=O) groups is 1. The van der Waals surface area contributed by atoms with Gasteiger partial charge in [0.25, 0.3) is 0 Å². The standard InChI is InChI=1S/C5H11NO2.H2I/c6-4-2-1-3-5(7)8;/h1-4,6H2,(H,7,8);1H2/q;+1/p-1. The number of hydrogen-bond donors (Lipinski definition) is 1. The number of nitrogens with two attached hydrogens (primary N) is 1. The van der Waals surface area contributed by atoms with Gasteiger partial charge in [0.15, 0.2) is 0 Å². The highest BCUT2D eigenvalue weighted by atomic mass is 127. The van der Waals surface area contributed by atoms with Crippen LogP contribution >= 0.6 is 0 Å². The van der Waals surface area contributed by atoms with Gasteiger partial charge in [0.2, 0.25) is 24.0 Å². The predicted molar refractivity (Wildman–Crippen MR) is 30.7 cm³/mol. The molecule has 0 saturated heterocycles. The molecule has 2 N–H and O–H groups in total. The van der Waals surface area contributed by atoms with Gasteiger partial charge >= 0.3 is 0 Å². The van der Waals surface area contributed by atoms with Gasteiger partial charge in [0, 0.05) is 5.97 Å². The largest absolute Gasteiger partial charge is 0.550 e. The van der Waals surface area contributed by atoms with Crippen LogP contribution in [0.25, 0.3) is 0 Å². The molecule has 0 fully saturated rings. The zero-order chi connectivity index (χ0) is 6.41. The Labute approximate surface area is 71.6 Å². The van der Waals surface area contributed by atoms with Gasteiger partial charge in [-0.25, -0.2) is 0 Å². The molecular formula is C5H12INO2. The van der Waals surface area contributed by atoms with Gasteiger partial charge in [0.05, 0.1) is 0 Å². The summed E-state index contributed by atoms with van der Waals surface area (Å²) in [6.07, 6.45) is 1.55. The molecule has 0 radical (unpaired) electrons. The summed E-state index contributed by atoms with van der Waals surface area (Å²) < 4.78 is 0. The van der Waals surface area contributed by atoms with E-state index in [1.807, 2.05) is 0 Å². The lowest BCUT2D eigenvalue weighted by Gasteiger charge is -1.97. The molecule has 0 aromatic rings. The van der Waals surface area contributed by atoms with Crippen molar-refractivity contribution in [1.82, 2.24) is 0 Å². The van der Waals surface area contributed by atoms with Gasteiger partial charge in [-0.2, -0.15) is 0 Å². The SMILES string of the molecule is NCCCCC(=O)[O-].[IH2+]. The molecule has 0 aliphatic heterocycles. The summed E-state index contributed by atoms with van der Waals surface area (Å²) in [5.74, 6) is -0.988. The second kappa shape index (κ2) is 8.16. The molecule has 3 nitrogen and oxygen atoms in total. The molecule has 0 rings (SSSR count). The Hall–Kier alpha value is 0.160. The van der Waals surface area contributed by atoms with Gasteiger partial charge in [0.1, 0.15) is 0 Å². The molecule has 0 aliphatic carbocycles. The summed E-state index contributed by atoms with van der Waals surface area (Å²) in [5.41, 5.74) is 5.10. The van der Waals surface area contributed by atoms with Crippen LogP contribution in [0.4, 0.5) is 0 Å². The number of carboxylic acids is 1. The average Bonchev–Trinajstić information content (AvgIpc) is 1.66. The first-order valence-electron chi connectivity index (χ1n) is 2.67. The summed E-state index contributed by atoms with van der Waals surface area (Å²) in [7, 11) is 0. The zero-order valence-electron chi connectivity index (χ0n) is 5.17. The fraction of sp³-hybridized carbons (Fsp3) is 0.800. The van der Waals surface area contributed by atoms with Crippen LogP contribution in [0.3, 0.4) is 0 Å². The first-order chi connectivity index (χ1) is 3.77. The lowest BCUT2D eigenvalue weighted by molar-refractivity contribution is -0.305. The van der Waals surface area contributed by atoms with Crippen LogP contribution in [0.5, 0.6) is 0 Å². The van der Waals surface area contributed by atoms with Crippen molar-refractivity contribution in [3.8, 4) is 0 Å². The van der Waals surface area contributed by atoms with Gasteiger partial charge in [-0.15, -0.1) is 0 Å². The molecule has 0 saturated carbocycles. The molecule has 9 heavy (non-hydrogen) atoms. The molecule has 0 aromatic carbocycles. The molecule has 0 spiro atoms. The molecule has 0 heterocycles. The Balaban J connectivity index is 0. The van der Waals surface area contributed by atoms with E-state index in [1.54, 1.807) is 0 Å². The third kappa shape index (κ3) is 11.6. The van der Waals surface area contributed by atoms with Crippen molar-refractivity contribution in [2.75, 3.05) is 6.54 Å². The minimum atomic E-state index is -0.988. The highest BCUT2D eigenvalue weighted by Crippen LogP contribution is 1.89. The van der Waals surface area contributed by atoms with Crippen LogP contribution in [-0.4, -0.2) is 12.5 Å². The van der Waals surface area contributed by atoms with E-state index in [4.69, 9.17) is 5.73 Å². The monoisotopic (exact) mass is 245 g/mol. The van der Waals surface area contributed by atoms with Crippen LogP contribution in [-0.2, 0) is 4.79 Å². The van der Waals surface area contributed by atoms with Gasteiger partial charge in [-0.3, -0.25) is 0 Å². The second-order valence-corrected chi connectivity index (χ2v) is 1.62. The van der Waals surface area contributed by atoms with Crippen LogP contribution in [0.1, 0.15) is 19.3 Å². The van der Waals surface area contributed by atoms with E-state index in [9.17, 15) is 9.90 Å². The number of carboxylic acid groups (broad SMARTS) is 1. The van der Waals surface area contributed by atoms with Crippen molar-refractivity contribution in [1.29, 1.82) is 0 Å². The third-order valence-electron chi connectivity index (χ3n) is 0.835. The van der Waals surface area contributed by atoms with Crippen molar-refractivity contribution >= 4 is 5.97 Å². The fourth-order valence-corrected chi connectivity index (χ4v) is 0.414. The van der Waals surface area contributed by atoms with Crippen molar-refractivity contribution in [2.45, 2.75) is 19.3 Å². The first-order valence-corrected chi connectivity index (χ1v) is 2.67. The van der Waals surface area contributed by atoms with Crippen molar-refractivity contribution < 1.29 is 33.9 Å². The summed E-state index contributed by atoms with van der Waals surface area (Å²) >= 11 is 0. The smallest absolute Gasteiger partial charge is 0.235 e. The minimum absolute atomic E-state index is 0. The summed E-state index contributed by atoms with van der Waals surface area (Å²) in [4.78, 5) is 9.72. The maximum atomic E-state index is 9.72. The maximum absolute atomic E-state index is 9.72. The molecule has 0 atom stereocenters. The molecule has 0 unspecified atom stereocenters. The second-order valence-electron chi connectivity index (χ2n) is 1.62. The van der Waals surface area contributed by atoms with Crippen LogP contribution in [0.2, 0.25) is 0 Å². The topological polar surface area (TPSA) is 66.2 Å². The molecule has 4 heteroatoms. The highest BCUT2D eigenvalue weighted by Gasteiger charge is 1.84. The molecule has 0 aliphatic rings. The Morgan fingerprint density at radius 2 is 2.00 bits per heavy atom. The number of halogens is 1. The van der Waals surface area contributed by atoms with Gasteiger partial charge in [-0.05, 0) is 25.8 Å².